The fourth-order valence-corrected chi connectivity index (χ4v) is 3.74. The number of nitrogens with zero attached hydrogens (tertiary/aromatic N) is 1. The van der Waals surface area contributed by atoms with E-state index in [1.165, 1.54) is 36.6 Å². The number of nitrogens with one attached hydrogen (secondary N) is 1. The van der Waals surface area contributed by atoms with Gasteiger partial charge in [-0.3, -0.25) is 4.98 Å². The van der Waals surface area contributed by atoms with E-state index in [0.717, 1.165) is 17.3 Å². The summed E-state index contributed by atoms with van der Waals surface area (Å²) in [6, 6.07) is 11.4. The summed E-state index contributed by atoms with van der Waals surface area (Å²) in [5, 5.41) is 5.84. The monoisotopic (exact) mass is 286 g/mol. The van der Waals surface area contributed by atoms with E-state index >= 15 is 0 Å². The van der Waals surface area contributed by atoms with Crippen LogP contribution in [0, 0.1) is 0 Å². The van der Waals surface area contributed by atoms with E-state index in [-0.39, 0.29) is 0 Å². The molecule has 3 rings (SSSR count). The maximum absolute atomic E-state index is 4.37. The zero-order valence-electron chi connectivity index (χ0n) is 12.0. The SMILES string of the molecule is CSC1CCC(NCc2ccc3ncccc3c2)CC1. The maximum atomic E-state index is 4.37. The standard InChI is InChI=1S/C17H22N2S/c1-20-16-7-5-15(6-8-16)19-12-13-4-9-17-14(11-13)3-2-10-18-17/h2-4,9-11,15-16,19H,5-8,12H2,1H3. The van der Waals surface area contributed by atoms with Crippen LogP contribution in [0.2, 0.25) is 0 Å². The molecule has 1 fully saturated rings. The highest BCUT2D eigenvalue weighted by Crippen LogP contribution is 2.27. The average Bonchev–Trinajstić information content (AvgIpc) is 2.53. The molecule has 0 bridgehead atoms. The molecule has 2 aromatic rings. The summed E-state index contributed by atoms with van der Waals surface area (Å²) in [7, 11) is 0. The van der Waals surface area contributed by atoms with Gasteiger partial charge < -0.3 is 5.32 Å². The Morgan fingerprint density at radius 1 is 1.20 bits per heavy atom. The summed E-state index contributed by atoms with van der Waals surface area (Å²) < 4.78 is 0. The maximum Gasteiger partial charge on any atom is 0.0702 e. The number of fused-ring (bicyclic) bond motifs is 1. The van der Waals surface area contributed by atoms with Crippen molar-refractivity contribution in [2.24, 2.45) is 0 Å². The third-order valence-electron chi connectivity index (χ3n) is 4.27. The molecule has 3 heteroatoms. The summed E-state index contributed by atoms with van der Waals surface area (Å²) in [4.78, 5) is 4.37. The Kier molecular flexibility index (Phi) is 4.58. The third kappa shape index (κ3) is 3.33. The lowest BCUT2D eigenvalue weighted by Crippen LogP contribution is -2.33. The van der Waals surface area contributed by atoms with Crippen molar-refractivity contribution < 1.29 is 0 Å². The van der Waals surface area contributed by atoms with Crippen LogP contribution in [0.4, 0.5) is 0 Å². The lowest BCUT2D eigenvalue weighted by molar-refractivity contribution is 0.379. The second-order valence-corrected chi connectivity index (χ2v) is 6.76. The van der Waals surface area contributed by atoms with Crippen molar-refractivity contribution in [3.8, 4) is 0 Å². The van der Waals surface area contributed by atoms with Crippen LogP contribution < -0.4 is 5.32 Å². The van der Waals surface area contributed by atoms with E-state index in [1.807, 2.05) is 24.0 Å². The summed E-state index contributed by atoms with van der Waals surface area (Å²) in [6.07, 6.45) is 9.45. The van der Waals surface area contributed by atoms with E-state index in [9.17, 15) is 0 Å². The van der Waals surface area contributed by atoms with Gasteiger partial charge in [-0.05, 0) is 55.7 Å². The number of pyridine rings is 1. The predicted molar refractivity (Wildman–Crippen MR) is 88.1 cm³/mol. The summed E-state index contributed by atoms with van der Waals surface area (Å²) in [5.74, 6) is 0. The number of hydrogen-bond donors (Lipinski definition) is 1. The van der Waals surface area contributed by atoms with Crippen LogP contribution in [0.1, 0.15) is 31.2 Å². The van der Waals surface area contributed by atoms with Gasteiger partial charge in [0, 0.05) is 29.4 Å². The molecule has 20 heavy (non-hydrogen) atoms. The molecule has 0 radical (unpaired) electrons. The number of benzene rings is 1. The van der Waals surface area contributed by atoms with Crippen LogP contribution in [0.5, 0.6) is 0 Å². The number of hydrogen-bond acceptors (Lipinski definition) is 3. The Bertz CT molecular complexity index is 562. The Balaban J connectivity index is 1.57. The lowest BCUT2D eigenvalue weighted by atomic mass is 9.95. The molecule has 2 nitrogen and oxygen atoms in total. The second-order valence-electron chi connectivity index (χ2n) is 5.62. The fraction of sp³-hybridized carbons (Fsp3) is 0.471. The van der Waals surface area contributed by atoms with E-state index in [0.29, 0.717) is 6.04 Å². The van der Waals surface area contributed by atoms with Crippen LogP contribution in [0.3, 0.4) is 0 Å². The largest absolute Gasteiger partial charge is 0.310 e. The van der Waals surface area contributed by atoms with Crippen molar-refractivity contribution in [1.29, 1.82) is 0 Å². The van der Waals surface area contributed by atoms with Gasteiger partial charge in [0.05, 0.1) is 5.52 Å². The topological polar surface area (TPSA) is 24.9 Å². The molecule has 1 saturated carbocycles. The highest BCUT2D eigenvalue weighted by Gasteiger charge is 2.19. The molecule has 0 amide bonds. The molecule has 106 valence electrons. The number of aromatic nitrogens is 1. The van der Waals surface area contributed by atoms with Crippen molar-refractivity contribution in [3.05, 3.63) is 42.1 Å². The normalized spacial score (nSPS) is 23.1. The van der Waals surface area contributed by atoms with Gasteiger partial charge in [0.25, 0.3) is 0 Å². The first-order valence-corrected chi connectivity index (χ1v) is 8.74. The van der Waals surface area contributed by atoms with E-state index in [4.69, 9.17) is 0 Å². The summed E-state index contributed by atoms with van der Waals surface area (Å²) in [6.45, 7) is 0.972. The molecule has 0 atom stereocenters. The highest BCUT2D eigenvalue weighted by atomic mass is 32.2. The minimum absolute atomic E-state index is 0.697. The van der Waals surface area contributed by atoms with E-state index in [2.05, 4.69) is 40.8 Å². The van der Waals surface area contributed by atoms with Gasteiger partial charge in [-0.1, -0.05) is 12.1 Å². The van der Waals surface area contributed by atoms with Crippen LogP contribution in [-0.2, 0) is 6.54 Å². The Morgan fingerprint density at radius 2 is 2.05 bits per heavy atom. The smallest absolute Gasteiger partial charge is 0.0702 e. The molecule has 1 aromatic heterocycles. The second kappa shape index (κ2) is 6.59. The van der Waals surface area contributed by atoms with Gasteiger partial charge in [-0.15, -0.1) is 0 Å². The third-order valence-corrected chi connectivity index (χ3v) is 5.41. The predicted octanol–water partition coefficient (Wildman–Crippen LogP) is 4.00. The van der Waals surface area contributed by atoms with Crippen LogP contribution >= 0.6 is 11.8 Å². The van der Waals surface area contributed by atoms with Gasteiger partial charge >= 0.3 is 0 Å². The highest BCUT2D eigenvalue weighted by molar-refractivity contribution is 7.99. The zero-order valence-corrected chi connectivity index (χ0v) is 12.8. The fourth-order valence-electron chi connectivity index (χ4n) is 3.00. The van der Waals surface area contributed by atoms with Gasteiger partial charge in [-0.2, -0.15) is 11.8 Å². The Labute approximate surface area is 125 Å². The Hall–Kier alpha value is -1.06. The quantitative estimate of drug-likeness (QED) is 0.919. The zero-order chi connectivity index (χ0) is 13.8. The van der Waals surface area contributed by atoms with Crippen molar-refractivity contribution in [2.75, 3.05) is 6.26 Å². The van der Waals surface area contributed by atoms with Crippen molar-refractivity contribution >= 4 is 22.7 Å². The molecule has 1 aliphatic carbocycles. The van der Waals surface area contributed by atoms with Crippen molar-refractivity contribution in [3.63, 3.8) is 0 Å². The Morgan fingerprint density at radius 3 is 2.85 bits per heavy atom. The average molecular weight is 286 g/mol. The summed E-state index contributed by atoms with van der Waals surface area (Å²) in [5.41, 5.74) is 2.44. The molecular weight excluding hydrogens is 264 g/mol. The molecule has 0 unspecified atom stereocenters. The van der Waals surface area contributed by atoms with Gasteiger partial charge in [0.2, 0.25) is 0 Å². The summed E-state index contributed by atoms with van der Waals surface area (Å²) >= 11 is 2.03. The minimum Gasteiger partial charge on any atom is -0.310 e. The van der Waals surface area contributed by atoms with Gasteiger partial charge in [-0.25, -0.2) is 0 Å². The molecule has 1 aromatic carbocycles. The molecule has 0 spiro atoms. The molecular formula is C17H22N2S. The first-order chi connectivity index (χ1) is 9.85. The molecule has 1 N–H and O–H groups in total. The molecule has 1 heterocycles. The molecule has 0 aliphatic heterocycles. The molecule has 1 aliphatic rings. The van der Waals surface area contributed by atoms with Crippen LogP contribution in [0.25, 0.3) is 10.9 Å². The van der Waals surface area contributed by atoms with Crippen molar-refractivity contribution in [1.82, 2.24) is 10.3 Å². The van der Waals surface area contributed by atoms with Crippen LogP contribution in [0.15, 0.2) is 36.5 Å². The van der Waals surface area contributed by atoms with E-state index < -0.39 is 0 Å². The minimum atomic E-state index is 0.697. The molecule has 0 saturated heterocycles. The number of thioether (sulfide) groups is 1. The first-order valence-electron chi connectivity index (χ1n) is 7.45. The van der Waals surface area contributed by atoms with Gasteiger partial charge in [0.15, 0.2) is 0 Å². The van der Waals surface area contributed by atoms with E-state index in [1.54, 1.807) is 0 Å². The van der Waals surface area contributed by atoms with Crippen molar-refractivity contribution in [2.45, 2.75) is 43.5 Å². The lowest BCUT2D eigenvalue weighted by Gasteiger charge is -2.28. The van der Waals surface area contributed by atoms with Crippen LogP contribution in [-0.4, -0.2) is 22.5 Å². The first kappa shape index (κ1) is 13.9. The van der Waals surface area contributed by atoms with Gasteiger partial charge in [0.1, 0.15) is 0 Å². The number of rotatable bonds is 4.